The summed E-state index contributed by atoms with van der Waals surface area (Å²) in [5.74, 6) is 0.610. The number of hydrogen-bond acceptors (Lipinski definition) is 7. The van der Waals surface area contributed by atoms with Crippen LogP contribution in [0, 0.1) is 10.1 Å². The molecular formula is C14H13Cl2N3O3S3. The fourth-order valence-corrected chi connectivity index (χ4v) is 4.98. The number of rotatable bonds is 8. The van der Waals surface area contributed by atoms with Crippen LogP contribution in [0.3, 0.4) is 0 Å². The molecule has 2 aromatic rings. The van der Waals surface area contributed by atoms with E-state index >= 15 is 0 Å². The number of nitrogens with one attached hydrogen (secondary N) is 1. The zero-order valence-corrected chi connectivity index (χ0v) is 16.9. The van der Waals surface area contributed by atoms with E-state index in [1.807, 2.05) is 6.26 Å². The van der Waals surface area contributed by atoms with Gasteiger partial charge in [-0.25, -0.2) is 0 Å². The number of nitrogens with zero attached hydrogens (tertiary/aromatic N) is 2. The second-order valence-electron chi connectivity index (χ2n) is 4.68. The Labute approximate surface area is 166 Å². The number of carbonyl (C=O) groups is 1. The Morgan fingerprint density at radius 3 is 2.68 bits per heavy atom. The van der Waals surface area contributed by atoms with Gasteiger partial charge in [-0.1, -0.05) is 35.0 Å². The number of thiophene rings is 1. The van der Waals surface area contributed by atoms with E-state index < -0.39 is 4.92 Å². The normalized spacial score (nSPS) is 10.7. The molecule has 0 bridgehead atoms. The van der Waals surface area contributed by atoms with Gasteiger partial charge in [0.25, 0.3) is 11.6 Å². The molecule has 0 saturated heterocycles. The topological polar surface area (TPSA) is 85.1 Å². The molecule has 2 aromatic heterocycles. The molecule has 1 amide bonds. The lowest BCUT2D eigenvalue weighted by Gasteiger charge is -2.03. The molecule has 0 aromatic carbocycles. The van der Waals surface area contributed by atoms with E-state index in [-0.39, 0.29) is 16.5 Å². The minimum absolute atomic E-state index is 0.145. The molecule has 11 heteroatoms. The van der Waals surface area contributed by atoms with Gasteiger partial charge in [0.15, 0.2) is 0 Å². The van der Waals surface area contributed by atoms with Gasteiger partial charge >= 0.3 is 0 Å². The van der Waals surface area contributed by atoms with E-state index in [2.05, 4.69) is 10.3 Å². The average Bonchev–Trinajstić information content (AvgIpc) is 2.99. The number of halogens is 2. The van der Waals surface area contributed by atoms with Crippen LogP contribution < -0.4 is 5.32 Å². The van der Waals surface area contributed by atoms with Gasteiger partial charge in [-0.2, -0.15) is 11.8 Å². The zero-order chi connectivity index (χ0) is 18.4. The maximum Gasteiger partial charge on any atom is 0.294 e. The first-order chi connectivity index (χ1) is 11.9. The van der Waals surface area contributed by atoms with Crippen molar-refractivity contribution in [2.45, 2.75) is 15.5 Å². The number of thioether (sulfide) groups is 1. The van der Waals surface area contributed by atoms with Gasteiger partial charge < -0.3 is 5.32 Å². The molecule has 2 heterocycles. The van der Waals surface area contributed by atoms with Gasteiger partial charge in [0, 0.05) is 25.0 Å². The summed E-state index contributed by atoms with van der Waals surface area (Å²) in [6.45, 7) is 0.524. The largest absolute Gasteiger partial charge is 0.351 e. The van der Waals surface area contributed by atoms with Crippen LogP contribution in [0.5, 0.6) is 0 Å². The molecule has 0 radical (unpaired) electrons. The molecule has 6 nitrogen and oxygen atoms in total. The van der Waals surface area contributed by atoms with E-state index in [0.29, 0.717) is 25.7 Å². The van der Waals surface area contributed by atoms with Gasteiger partial charge in [0.2, 0.25) is 0 Å². The summed E-state index contributed by atoms with van der Waals surface area (Å²) in [6.07, 6.45) is 5.65. The van der Waals surface area contributed by atoms with Crippen molar-refractivity contribution >= 4 is 69.7 Å². The maximum atomic E-state index is 12.2. The molecule has 0 fully saturated rings. The van der Waals surface area contributed by atoms with Crippen molar-refractivity contribution < 1.29 is 9.72 Å². The molecule has 0 unspecified atom stereocenters. The summed E-state index contributed by atoms with van der Waals surface area (Å²) in [4.78, 5) is 27.6. The fraction of sp³-hybridized carbons (Fsp3) is 0.286. The Bertz CT molecular complexity index is 766. The van der Waals surface area contributed by atoms with E-state index in [0.717, 1.165) is 35.3 Å². The highest BCUT2D eigenvalue weighted by atomic mass is 35.5. The van der Waals surface area contributed by atoms with Crippen LogP contribution in [-0.4, -0.2) is 34.4 Å². The van der Waals surface area contributed by atoms with Crippen molar-refractivity contribution in [1.29, 1.82) is 0 Å². The second-order valence-corrected chi connectivity index (χ2v) is 8.81. The molecular weight excluding hydrogens is 425 g/mol. The molecule has 2 rings (SSSR count). The molecule has 0 aliphatic carbocycles. The van der Waals surface area contributed by atoms with Crippen LogP contribution in [0.2, 0.25) is 10.0 Å². The fourth-order valence-electron chi connectivity index (χ4n) is 1.77. The lowest BCUT2D eigenvalue weighted by molar-refractivity contribution is -0.387. The Balaban J connectivity index is 2.22. The van der Waals surface area contributed by atoms with E-state index in [1.165, 1.54) is 18.5 Å². The van der Waals surface area contributed by atoms with Gasteiger partial charge in [-0.15, -0.1) is 11.3 Å². The predicted molar refractivity (Wildman–Crippen MR) is 105 cm³/mol. The molecule has 0 spiro atoms. The van der Waals surface area contributed by atoms with Crippen LogP contribution in [0.4, 0.5) is 5.69 Å². The van der Waals surface area contributed by atoms with E-state index in [9.17, 15) is 14.9 Å². The minimum Gasteiger partial charge on any atom is -0.351 e. The lowest BCUT2D eigenvalue weighted by Crippen LogP contribution is -2.23. The van der Waals surface area contributed by atoms with Crippen molar-refractivity contribution in [1.82, 2.24) is 10.3 Å². The first-order valence-electron chi connectivity index (χ1n) is 6.96. The highest BCUT2D eigenvalue weighted by Gasteiger charge is 2.24. The summed E-state index contributed by atoms with van der Waals surface area (Å²) in [7, 11) is 0. The summed E-state index contributed by atoms with van der Waals surface area (Å²) in [5, 5.41) is 14.7. The quantitative estimate of drug-likeness (QED) is 0.355. The standard InChI is InChI=1S/C14H13Cl2N3O3S3/c1-23-4-2-3-18-13(20)11-5-10(19(21)22)14(24-11)25-12-8(15)6-17-7-9(12)16/h5-7H,2-4H2,1H3,(H,18,20). The van der Waals surface area contributed by atoms with Gasteiger partial charge in [0.1, 0.15) is 9.09 Å². The first-order valence-corrected chi connectivity index (χ1v) is 10.7. The smallest absolute Gasteiger partial charge is 0.294 e. The van der Waals surface area contributed by atoms with Gasteiger partial charge in [-0.3, -0.25) is 19.9 Å². The van der Waals surface area contributed by atoms with Crippen molar-refractivity contribution in [2.24, 2.45) is 0 Å². The summed E-state index contributed by atoms with van der Waals surface area (Å²) >= 11 is 15.9. The average molecular weight is 438 g/mol. The first kappa shape index (κ1) is 20.3. The Morgan fingerprint density at radius 1 is 1.40 bits per heavy atom. The van der Waals surface area contributed by atoms with Crippen molar-refractivity contribution in [2.75, 3.05) is 18.6 Å². The Hall–Kier alpha value is -1.000. The van der Waals surface area contributed by atoms with Gasteiger partial charge in [-0.05, 0) is 18.4 Å². The van der Waals surface area contributed by atoms with Crippen LogP contribution in [-0.2, 0) is 0 Å². The summed E-state index contributed by atoms with van der Waals surface area (Å²) < 4.78 is 0.342. The Morgan fingerprint density at radius 2 is 2.08 bits per heavy atom. The number of carbonyl (C=O) groups excluding carboxylic acids is 1. The maximum absolute atomic E-state index is 12.2. The molecule has 1 N–H and O–H groups in total. The highest BCUT2D eigenvalue weighted by molar-refractivity contribution is 8.01. The monoisotopic (exact) mass is 437 g/mol. The van der Waals surface area contributed by atoms with E-state index in [1.54, 1.807) is 11.8 Å². The predicted octanol–water partition coefficient (Wildman–Crippen LogP) is 4.99. The molecule has 0 atom stereocenters. The third kappa shape index (κ3) is 5.49. The third-order valence-electron chi connectivity index (χ3n) is 2.92. The van der Waals surface area contributed by atoms with Crippen LogP contribution >= 0.6 is 58.1 Å². The molecule has 0 aliphatic rings. The molecule has 25 heavy (non-hydrogen) atoms. The van der Waals surface area contributed by atoms with Crippen molar-refractivity contribution in [3.8, 4) is 0 Å². The van der Waals surface area contributed by atoms with Crippen LogP contribution in [0.25, 0.3) is 0 Å². The lowest BCUT2D eigenvalue weighted by atomic mass is 10.4. The number of amides is 1. The summed E-state index contributed by atoms with van der Waals surface area (Å²) in [5.41, 5.74) is -0.145. The highest BCUT2D eigenvalue weighted by Crippen LogP contribution is 2.45. The SMILES string of the molecule is CSCCCNC(=O)c1cc([N+](=O)[O-])c(Sc2c(Cl)cncc2Cl)s1. The summed E-state index contributed by atoms with van der Waals surface area (Å²) in [6, 6.07) is 1.28. The molecule has 0 aliphatic heterocycles. The van der Waals surface area contributed by atoms with Gasteiger partial charge in [0.05, 0.1) is 19.9 Å². The van der Waals surface area contributed by atoms with E-state index in [4.69, 9.17) is 23.2 Å². The van der Waals surface area contributed by atoms with Crippen molar-refractivity contribution in [3.63, 3.8) is 0 Å². The Kier molecular flexibility index (Phi) is 7.82. The number of hydrogen-bond donors (Lipinski definition) is 1. The second kappa shape index (κ2) is 9.63. The molecule has 0 saturated carbocycles. The number of pyridine rings is 1. The van der Waals surface area contributed by atoms with Crippen molar-refractivity contribution in [3.05, 3.63) is 43.5 Å². The van der Waals surface area contributed by atoms with Crippen LogP contribution in [0.15, 0.2) is 27.6 Å². The number of aromatic nitrogens is 1. The minimum atomic E-state index is -0.521. The van der Waals surface area contributed by atoms with Crippen LogP contribution in [0.1, 0.15) is 16.1 Å². The third-order valence-corrected chi connectivity index (χ3v) is 6.87. The molecule has 134 valence electrons. The zero-order valence-electron chi connectivity index (χ0n) is 13.0. The number of nitro groups is 1.